The van der Waals surface area contributed by atoms with Gasteiger partial charge in [-0.1, -0.05) is 0 Å². The van der Waals surface area contributed by atoms with E-state index in [1.54, 1.807) is 32.2 Å². The van der Waals surface area contributed by atoms with Gasteiger partial charge in [0, 0.05) is 12.1 Å². The maximum absolute atomic E-state index is 11.2. The van der Waals surface area contributed by atoms with Gasteiger partial charge in [-0.05, 0) is 25.1 Å². The molecule has 0 saturated carbocycles. The number of ether oxygens (including phenoxy) is 2. The Morgan fingerprint density at radius 1 is 1.47 bits per heavy atom. The van der Waals surface area contributed by atoms with Crippen LogP contribution in [-0.2, 0) is 16.1 Å². The number of methoxy groups -OCH3 is 2. The smallest absolute Gasteiger partial charge is 0.322 e. The van der Waals surface area contributed by atoms with E-state index in [9.17, 15) is 9.90 Å². The molecule has 1 rings (SSSR count). The molecule has 0 saturated heterocycles. The van der Waals surface area contributed by atoms with Gasteiger partial charge >= 0.3 is 5.97 Å². The zero-order valence-corrected chi connectivity index (χ0v) is 10.2. The summed E-state index contributed by atoms with van der Waals surface area (Å²) in [5.41, 5.74) is 0.667. The Kier molecular flexibility index (Phi) is 4.78. The Labute approximate surface area is 100 Å². The molecule has 0 spiro atoms. The van der Waals surface area contributed by atoms with Crippen molar-refractivity contribution in [3.8, 4) is 11.5 Å². The van der Waals surface area contributed by atoms with E-state index in [4.69, 9.17) is 4.74 Å². The van der Waals surface area contributed by atoms with Crippen LogP contribution in [0.2, 0.25) is 0 Å². The van der Waals surface area contributed by atoms with E-state index in [1.807, 2.05) is 0 Å². The fourth-order valence-corrected chi connectivity index (χ4v) is 1.35. The zero-order valence-electron chi connectivity index (χ0n) is 10.2. The Hall–Kier alpha value is -1.75. The third kappa shape index (κ3) is 3.64. The molecule has 5 heteroatoms. The fraction of sp³-hybridized carbons (Fsp3) is 0.417. The predicted octanol–water partition coefficient (Wildman–Crippen LogP) is 1.05. The van der Waals surface area contributed by atoms with E-state index in [2.05, 4.69) is 10.1 Å². The standard InChI is InChI=1S/C12H17NO4/c1-8(12(15)17-3)13-7-9-6-10(16-2)4-5-11(9)14/h4-6,8,13-14H,7H2,1-3H3/t8-/m0/s1. The van der Waals surface area contributed by atoms with Gasteiger partial charge in [0.1, 0.15) is 17.5 Å². The third-order valence-corrected chi connectivity index (χ3v) is 2.44. The lowest BCUT2D eigenvalue weighted by atomic mass is 10.2. The minimum atomic E-state index is -0.425. The van der Waals surface area contributed by atoms with Crippen LogP contribution in [0.4, 0.5) is 0 Å². The highest BCUT2D eigenvalue weighted by molar-refractivity contribution is 5.75. The number of phenolic OH excluding ortho intramolecular Hbond substituents is 1. The summed E-state index contributed by atoms with van der Waals surface area (Å²) in [7, 11) is 2.89. The molecule has 5 nitrogen and oxygen atoms in total. The van der Waals surface area contributed by atoms with Crippen molar-refractivity contribution in [2.75, 3.05) is 14.2 Å². The second-order valence-corrected chi connectivity index (χ2v) is 3.62. The molecule has 0 bridgehead atoms. The monoisotopic (exact) mass is 239 g/mol. The number of benzene rings is 1. The first kappa shape index (κ1) is 13.3. The number of rotatable bonds is 5. The fourth-order valence-electron chi connectivity index (χ4n) is 1.35. The molecule has 0 unspecified atom stereocenters. The van der Waals surface area contributed by atoms with E-state index < -0.39 is 6.04 Å². The van der Waals surface area contributed by atoms with Gasteiger partial charge in [-0.3, -0.25) is 4.79 Å². The quantitative estimate of drug-likeness (QED) is 0.752. The summed E-state index contributed by atoms with van der Waals surface area (Å²) < 4.78 is 9.64. The first-order chi connectivity index (χ1) is 8.08. The maximum Gasteiger partial charge on any atom is 0.322 e. The molecule has 1 aromatic carbocycles. The van der Waals surface area contributed by atoms with E-state index >= 15 is 0 Å². The van der Waals surface area contributed by atoms with Gasteiger partial charge < -0.3 is 19.9 Å². The molecule has 0 aliphatic heterocycles. The lowest BCUT2D eigenvalue weighted by Gasteiger charge is -2.12. The zero-order chi connectivity index (χ0) is 12.8. The lowest BCUT2D eigenvalue weighted by molar-refractivity contribution is -0.142. The van der Waals surface area contributed by atoms with Crippen LogP contribution < -0.4 is 10.1 Å². The molecular formula is C12H17NO4. The highest BCUT2D eigenvalue weighted by atomic mass is 16.5. The topological polar surface area (TPSA) is 67.8 Å². The largest absolute Gasteiger partial charge is 0.508 e. The molecule has 94 valence electrons. The molecule has 0 aromatic heterocycles. The third-order valence-electron chi connectivity index (χ3n) is 2.44. The molecule has 0 heterocycles. The van der Waals surface area contributed by atoms with Crippen LogP contribution in [0, 0.1) is 0 Å². The minimum Gasteiger partial charge on any atom is -0.508 e. The van der Waals surface area contributed by atoms with Gasteiger partial charge in [0.2, 0.25) is 0 Å². The van der Waals surface area contributed by atoms with Crippen LogP contribution in [0.25, 0.3) is 0 Å². The van der Waals surface area contributed by atoms with Crippen molar-refractivity contribution in [3.05, 3.63) is 23.8 Å². The van der Waals surface area contributed by atoms with Crippen molar-refractivity contribution in [2.45, 2.75) is 19.5 Å². The van der Waals surface area contributed by atoms with Crippen molar-refractivity contribution in [2.24, 2.45) is 0 Å². The number of nitrogens with one attached hydrogen (secondary N) is 1. The van der Waals surface area contributed by atoms with Crippen LogP contribution in [-0.4, -0.2) is 31.3 Å². The SMILES string of the molecule is COC(=O)[C@H](C)NCc1cc(OC)ccc1O. The van der Waals surface area contributed by atoms with Gasteiger partial charge in [-0.2, -0.15) is 0 Å². The van der Waals surface area contributed by atoms with E-state index in [0.29, 0.717) is 17.9 Å². The number of phenols is 1. The summed E-state index contributed by atoms with van der Waals surface area (Å²) in [6.45, 7) is 2.06. The molecule has 0 aliphatic carbocycles. The van der Waals surface area contributed by atoms with E-state index in [-0.39, 0.29) is 11.7 Å². The molecule has 1 atom stereocenters. The van der Waals surface area contributed by atoms with Crippen molar-refractivity contribution in [1.29, 1.82) is 0 Å². The van der Waals surface area contributed by atoms with Crippen molar-refractivity contribution in [3.63, 3.8) is 0 Å². The van der Waals surface area contributed by atoms with Gasteiger partial charge in [0.25, 0.3) is 0 Å². The Balaban J connectivity index is 2.65. The summed E-state index contributed by atoms with van der Waals surface area (Å²) >= 11 is 0. The minimum absolute atomic E-state index is 0.162. The van der Waals surface area contributed by atoms with Crippen LogP contribution in [0.5, 0.6) is 11.5 Å². The lowest BCUT2D eigenvalue weighted by Crippen LogP contribution is -2.34. The van der Waals surface area contributed by atoms with Gasteiger partial charge in [0.05, 0.1) is 14.2 Å². The molecule has 17 heavy (non-hydrogen) atoms. The number of carbonyl (C=O) groups excluding carboxylic acids is 1. The molecule has 0 radical (unpaired) electrons. The number of carbonyl (C=O) groups is 1. The summed E-state index contributed by atoms with van der Waals surface area (Å²) in [6.07, 6.45) is 0. The Morgan fingerprint density at radius 2 is 2.18 bits per heavy atom. The van der Waals surface area contributed by atoms with Gasteiger partial charge in [-0.25, -0.2) is 0 Å². The summed E-state index contributed by atoms with van der Waals surface area (Å²) in [5.74, 6) is 0.480. The summed E-state index contributed by atoms with van der Waals surface area (Å²) in [4.78, 5) is 11.2. The number of esters is 1. The molecule has 0 amide bonds. The summed E-state index contributed by atoms with van der Waals surface area (Å²) in [6, 6.07) is 4.51. The number of hydrogen-bond donors (Lipinski definition) is 2. The molecular weight excluding hydrogens is 222 g/mol. The Morgan fingerprint density at radius 3 is 2.76 bits per heavy atom. The van der Waals surface area contributed by atoms with Gasteiger partial charge in [-0.15, -0.1) is 0 Å². The first-order valence-corrected chi connectivity index (χ1v) is 5.25. The van der Waals surface area contributed by atoms with Crippen LogP contribution in [0.1, 0.15) is 12.5 Å². The normalized spacial score (nSPS) is 11.9. The van der Waals surface area contributed by atoms with Crippen LogP contribution >= 0.6 is 0 Å². The molecule has 1 aromatic rings. The van der Waals surface area contributed by atoms with E-state index in [1.165, 1.54) is 7.11 Å². The van der Waals surface area contributed by atoms with Crippen LogP contribution in [0.3, 0.4) is 0 Å². The highest BCUT2D eigenvalue weighted by Crippen LogP contribution is 2.22. The Bertz CT molecular complexity index is 392. The first-order valence-electron chi connectivity index (χ1n) is 5.25. The molecule has 0 aliphatic rings. The van der Waals surface area contributed by atoms with Crippen LogP contribution in [0.15, 0.2) is 18.2 Å². The molecule has 0 fully saturated rings. The number of hydrogen-bond acceptors (Lipinski definition) is 5. The average Bonchev–Trinajstić information content (AvgIpc) is 2.36. The number of aromatic hydroxyl groups is 1. The van der Waals surface area contributed by atoms with Gasteiger partial charge in [0.15, 0.2) is 0 Å². The second kappa shape index (κ2) is 6.10. The molecule has 2 N–H and O–H groups in total. The predicted molar refractivity (Wildman–Crippen MR) is 63.0 cm³/mol. The summed E-state index contributed by atoms with van der Waals surface area (Å²) in [5, 5.41) is 12.6. The second-order valence-electron chi connectivity index (χ2n) is 3.62. The van der Waals surface area contributed by atoms with Crippen molar-refractivity contribution in [1.82, 2.24) is 5.32 Å². The van der Waals surface area contributed by atoms with Crippen molar-refractivity contribution < 1.29 is 19.4 Å². The maximum atomic E-state index is 11.2. The van der Waals surface area contributed by atoms with Crippen molar-refractivity contribution >= 4 is 5.97 Å². The van der Waals surface area contributed by atoms with E-state index in [0.717, 1.165) is 0 Å². The average molecular weight is 239 g/mol. The highest BCUT2D eigenvalue weighted by Gasteiger charge is 2.13.